The summed E-state index contributed by atoms with van der Waals surface area (Å²) in [6, 6.07) is 0.506. The summed E-state index contributed by atoms with van der Waals surface area (Å²) in [5.74, 6) is 5.52. The van der Waals surface area contributed by atoms with Gasteiger partial charge in [-0.25, -0.2) is 0 Å². The van der Waals surface area contributed by atoms with Crippen molar-refractivity contribution in [2.75, 3.05) is 7.05 Å². The third-order valence-corrected chi connectivity index (χ3v) is 3.60. The molecule has 0 amide bonds. The zero-order valence-electron chi connectivity index (χ0n) is 12.6. The van der Waals surface area contributed by atoms with Crippen molar-refractivity contribution in [3.63, 3.8) is 0 Å². The maximum Gasteiger partial charge on any atom is 0.0266 e. The molecule has 106 valence electrons. The van der Waals surface area contributed by atoms with E-state index in [9.17, 15) is 0 Å². The Balaban J connectivity index is 2.83. The number of nitrogens with two attached hydrogens (primary N) is 1. The van der Waals surface area contributed by atoms with Crippen LogP contribution >= 0.6 is 0 Å². The van der Waals surface area contributed by atoms with Gasteiger partial charge >= 0.3 is 0 Å². The molecular weight excluding hydrogens is 234 g/mol. The van der Waals surface area contributed by atoms with Gasteiger partial charge in [-0.1, -0.05) is 36.8 Å². The van der Waals surface area contributed by atoms with E-state index < -0.39 is 0 Å². The lowest BCUT2D eigenvalue weighted by Gasteiger charge is -2.11. The minimum absolute atomic E-state index is 0.506. The Kier molecular flexibility index (Phi) is 6.60. The first kappa shape index (κ1) is 15.7. The zero-order valence-corrected chi connectivity index (χ0v) is 12.6. The molecule has 0 unspecified atom stereocenters. The molecule has 0 saturated carbocycles. The van der Waals surface area contributed by atoms with Crippen LogP contribution in [0.3, 0.4) is 0 Å². The lowest BCUT2D eigenvalue weighted by molar-refractivity contribution is 0.610. The molecule has 0 aromatic carbocycles. The molecule has 0 spiro atoms. The zero-order chi connectivity index (χ0) is 14.3. The van der Waals surface area contributed by atoms with E-state index >= 15 is 0 Å². The molecule has 0 radical (unpaired) electrons. The van der Waals surface area contributed by atoms with Gasteiger partial charge in [-0.15, -0.1) is 0 Å². The van der Waals surface area contributed by atoms with E-state index in [-0.39, 0.29) is 0 Å². The molecule has 0 bridgehead atoms. The van der Waals surface area contributed by atoms with Gasteiger partial charge in [0.25, 0.3) is 0 Å². The predicted molar refractivity (Wildman–Crippen MR) is 83.4 cm³/mol. The highest BCUT2D eigenvalue weighted by molar-refractivity contribution is 5.45. The Hall–Kier alpha value is -1.32. The molecular formula is C16H27N3. The van der Waals surface area contributed by atoms with Crippen molar-refractivity contribution in [1.29, 1.82) is 0 Å². The Labute approximate surface area is 117 Å². The van der Waals surface area contributed by atoms with Crippen LogP contribution in [0.25, 0.3) is 0 Å². The first-order valence-electron chi connectivity index (χ1n) is 7.03. The van der Waals surface area contributed by atoms with Gasteiger partial charge in [0.2, 0.25) is 0 Å². The van der Waals surface area contributed by atoms with Crippen LogP contribution in [0, 0.1) is 0 Å². The second-order valence-electron chi connectivity index (χ2n) is 5.00. The topological polar surface area (TPSA) is 50.1 Å². The minimum atomic E-state index is 0.506. The number of nitrogens with one attached hydrogen (secondary N) is 2. The van der Waals surface area contributed by atoms with Crippen molar-refractivity contribution in [2.45, 2.75) is 46.1 Å². The molecule has 0 heterocycles. The summed E-state index contributed by atoms with van der Waals surface area (Å²) in [5, 5.41) is 3.28. The van der Waals surface area contributed by atoms with Crippen LogP contribution in [0.4, 0.5) is 0 Å². The van der Waals surface area contributed by atoms with Gasteiger partial charge in [0.05, 0.1) is 0 Å². The lowest BCUT2D eigenvalue weighted by atomic mass is 10.00. The third-order valence-electron chi connectivity index (χ3n) is 3.60. The van der Waals surface area contributed by atoms with Crippen LogP contribution in [0.2, 0.25) is 0 Å². The molecule has 0 aliphatic heterocycles. The van der Waals surface area contributed by atoms with Crippen LogP contribution in [0.5, 0.6) is 0 Å². The number of allylic oxidation sites excluding steroid dienone is 7. The lowest BCUT2D eigenvalue weighted by Crippen LogP contribution is -2.21. The van der Waals surface area contributed by atoms with E-state index in [1.165, 1.54) is 16.7 Å². The molecule has 3 nitrogen and oxygen atoms in total. The van der Waals surface area contributed by atoms with Crippen LogP contribution in [0.1, 0.15) is 40.0 Å². The summed E-state index contributed by atoms with van der Waals surface area (Å²) >= 11 is 0. The van der Waals surface area contributed by atoms with Gasteiger partial charge in [-0.05, 0) is 51.3 Å². The van der Waals surface area contributed by atoms with E-state index in [2.05, 4.69) is 48.9 Å². The van der Waals surface area contributed by atoms with Crippen molar-refractivity contribution in [3.8, 4) is 0 Å². The SMILES string of the molecule is CC/C(C1=CCC=C(C[C@H](C)NC)C=C1)=C(/C)NN. The van der Waals surface area contributed by atoms with Crippen molar-refractivity contribution < 1.29 is 0 Å². The molecule has 0 aromatic heterocycles. The largest absolute Gasteiger partial charge is 0.328 e. The first-order chi connectivity index (χ1) is 9.12. The highest BCUT2D eigenvalue weighted by atomic mass is 15.2. The summed E-state index contributed by atoms with van der Waals surface area (Å²) < 4.78 is 0. The fraction of sp³-hybridized carbons (Fsp3) is 0.500. The molecule has 3 heteroatoms. The van der Waals surface area contributed by atoms with Crippen molar-refractivity contribution in [2.24, 2.45) is 5.84 Å². The number of hydrogen-bond donors (Lipinski definition) is 3. The molecule has 1 aliphatic carbocycles. The van der Waals surface area contributed by atoms with Gasteiger partial charge in [0.15, 0.2) is 0 Å². The smallest absolute Gasteiger partial charge is 0.0266 e. The van der Waals surface area contributed by atoms with Crippen LogP contribution in [0.15, 0.2) is 46.7 Å². The molecule has 0 fully saturated rings. The third kappa shape index (κ3) is 4.69. The Bertz CT molecular complexity index is 414. The van der Waals surface area contributed by atoms with Crippen LogP contribution < -0.4 is 16.6 Å². The summed E-state index contributed by atoms with van der Waals surface area (Å²) in [4.78, 5) is 0. The second kappa shape index (κ2) is 7.97. The Morgan fingerprint density at radius 1 is 1.37 bits per heavy atom. The molecule has 0 saturated heterocycles. The maximum absolute atomic E-state index is 5.52. The number of hydrazine groups is 1. The monoisotopic (exact) mass is 261 g/mol. The molecule has 1 atom stereocenters. The second-order valence-corrected chi connectivity index (χ2v) is 5.00. The minimum Gasteiger partial charge on any atom is -0.328 e. The number of rotatable bonds is 6. The Morgan fingerprint density at radius 3 is 2.68 bits per heavy atom. The van der Waals surface area contributed by atoms with Crippen molar-refractivity contribution >= 4 is 0 Å². The van der Waals surface area contributed by atoms with Gasteiger partial charge in [0.1, 0.15) is 0 Å². The maximum atomic E-state index is 5.52. The molecule has 0 aromatic rings. The van der Waals surface area contributed by atoms with E-state index in [4.69, 9.17) is 5.84 Å². The van der Waals surface area contributed by atoms with E-state index in [0.717, 1.165) is 25.0 Å². The molecule has 1 aliphatic rings. The summed E-state index contributed by atoms with van der Waals surface area (Å²) in [7, 11) is 2.00. The molecule has 4 N–H and O–H groups in total. The standard InChI is InChI=1S/C16H27N3/c1-5-16(13(3)19-17)15-8-6-7-14(9-10-15)11-12(2)18-4/h7-10,12,18-19H,5-6,11,17H2,1-4H3/b16-13+/t12-/m0/s1. The summed E-state index contributed by atoms with van der Waals surface area (Å²) in [6.45, 7) is 6.39. The van der Waals surface area contributed by atoms with E-state index in [1.807, 2.05) is 14.0 Å². The van der Waals surface area contributed by atoms with E-state index in [1.54, 1.807) is 0 Å². The predicted octanol–water partition coefficient (Wildman–Crippen LogP) is 2.94. The fourth-order valence-electron chi connectivity index (χ4n) is 2.27. The highest BCUT2D eigenvalue weighted by Gasteiger charge is 2.07. The van der Waals surface area contributed by atoms with Gasteiger partial charge in [0, 0.05) is 11.7 Å². The number of hydrogen-bond acceptors (Lipinski definition) is 3. The van der Waals surface area contributed by atoms with Crippen LogP contribution in [-0.4, -0.2) is 13.1 Å². The van der Waals surface area contributed by atoms with Gasteiger partial charge in [-0.2, -0.15) is 0 Å². The van der Waals surface area contributed by atoms with Crippen molar-refractivity contribution in [3.05, 3.63) is 46.7 Å². The summed E-state index contributed by atoms with van der Waals surface area (Å²) in [5.41, 5.74) is 7.77. The van der Waals surface area contributed by atoms with Crippen LogP contribution in [-0.2, 0) is 0 Å². The quantitative estimate of drug-likeness (QED) is 0.509. The normalized spacial score (nSPS) is 18.2. The van der Waals surface area contributed by atoms with Gasteiger partial charge < -0.3 is 10.7 Å². The Morgan fingerprint density at radius 2 is 2.11 bits per heavy atom. The highest BCUT2D eigenvalue weighted by Crippen LogP contribution is 2.23. The summed E-state index contributed by atoms with van der Waals surface area (Å²) in [6.07, 6.45) is 12.0. The van der Waals surface area contributed by atoms with E-state index in [0.29, 0.717) is 6.04 Å². The van der Waals surface area contributed by atoms with Crippen molar-refractivity contribution in [1.82, 2.24) is 10.7 Å². The molecule has 1 rings (SSSR count). The first-order valence-corrected chi connectivity index (χ1v) is 7.03. The average molecular weight is 261 g/mol. The molecule has 19 heavy (non-hydrogen) atoms. The average Bonchev–Trinajstić information content (AvgIpc) is 2.65. The fourth-order valence-corrected chi connectivity index (χ4v) is 2.27. The van der Waals surface area contributed by atoms with Gasteiger partial charge in [-0.3, -0.25) is 5.84 Å².